The lowest BCUT2D eigenvalue weighted by Gasteiger charge is -2.16. The first-order chi connectivity index (χ1) is 15.8. The molecule has 0 aliphatic rings. The first-order valence-corrected chi connectivity index (χ1v) is 11.9. The highest BCUT2D eigenvalue weighted by atomic mass is 35.5. The third-order valence-corrected chi connectivity index (χ3v) is 6.66. The molecule has 0 fully saturated rings. The van der Waals surface area contributed by atoms with Crippen molar-refractivity contribution in [2.75, 3.05) is 5.32 Å². The molecule has 2 aromatic carbocycles. The average molecular weight is 484 g/mol. The Kier molecular flexibility index (Phi) is 8.25. The molecule has 0 unspecified atom stereocenters. The number of aryl methyl sites for hydroxylation is 1. The van der Waals surface area contributed by atoms with Gasteiger partial charge in [0.25, 0.3) is 11.8 Å². The molecule has 3 rings (SSSR count). The number of nitrogens with two attached hydrogens (primary N) is 1. The van der Waals surface area contributed by atoms with Crippen LogP contribution in [-0.2, 0) is 4.79 Å². The number of carbonyl (C=O) groups is 3. The van der Waals surface area contributed by atoms with E-state index in [1.165, 1.54) is 11.3 Å². The molecular formula is C25H26ClN3O3S. The van der Waals surface area contributed by atoms with Crippen molar-refractivity contribution in [2.24, 2.45) is 5.73 Å². The van der Waals surface area contributed by atoms with Gasteiger partial charge in [-0.15, -0.1) is 11.3 Å². The van der Waals surface area contributed by atoms with Crippen LogP contribution in [0.4, 0.5) is 5.69 Å². The Morgan fingerprint density at radius 2 is 1.82 bits per heavy atom. The second-order valence-corrected chi connectivity index (χ2v) is 9.19. The van der Waals surface area contributed by atoms with Gasteiger partial charge in [-0.25, -0.2) is 0 Å². The van der Waals surface area contributed by atoms with Gasteiger partial charge < -0.3 is 16.4 Å². The summed E-state index contributed by atoms with van der Waals surface area (Å²) in [4.78, 5) is 38.6. The summed E-state index contributed by atoms with van der Waals surface area (Å²) in [6, 6.07) is 15.3. The van der Waals surface area contributed by atoms with Crippen molar-refractivity contribution in [3.8, 4) is 10.4 Å². The van der Waals surface area contributed by atoms with Crippen molar-refractivity contribution in [1.29, 1.82) is 0 Å². The minimum absolute atomic E-state index is 0.281. The van der Waals surface area contributed by atoms with Crippen LogP contribution in [-0.4, -0.2) is 23.8 Å². The summed E-state index contributed by atoms with van der Waals surface area (Å²) in [6.07, 6.45) is 2.15. The van der Waals surface area contributed by atoms with Gasteiger partial charge in [0.2, 0.25) is 5.91 Å². The average Bonchev–Trinajstić information content (AvgIpc) is 3.28. The highest BCUT2D eigenvalue weighted by molar-refractivity contribution is 7.17. The number of unbranched alkanes of at least 4 members (excludes halogenated alkanes) is 1. The zero-order valence-corrected chi connectivity index (χ0v) is 20.1. The highest BCUT2D eigenvalue weighted by Gasteiger charge is 2.19. The number of anilines is 1. The predicted molar refractivity (Wildman–Crippen MR) is 134 cm³/mol. The molecule has 0 aliphatic carbocycles. The molecule has 0 bridgehead atoms. The molecule has 0 radical (unpaired) electrons. The Labute approximate surface area is 202 Å². The lowest BCUT2D eigenvalue weighted by atomic mass is 10.1. The predicted octanol–water partition coefficient (Wildman–Crippen LogP) is 5.40. The van der Waals surface area contributed by atoms with Crippen LogP contribution in [0.1, 0.15) is 51.8 Å². The minimum Gasteiger partial charge on any atom is -0.368 e. The fourth-order valence-corrected chi connectivity index (χ4v) is 4.52. The van der Waals surface area contributed by atoms with E-state index in [4.69, 9.17) is 17.3 Å². The van der Waals surface area contributed by atoms with E-state index in [-0.39, 0.29) is 5.91 Å². The fourth-order valence-electron chi connectivity index (χ4n) is 3.28. The molecule has 1 heterocycles. The van der Waals surface area contributed by atoms with Crippen molar-refractivity contribution in [3.05, 3.63) is 75.6 Å². The normalized spacial score (nSPS) is 11.6. The molecular weight excluding hydrogens is 458 g/mol. The maximum atomic E-state index is 12.9. The van der Waals surface area contributed by atoms with Gasteiger partial charge in [-0.2, -0.15) is 0 Å². The summed E-state index contributed by atoms with van der Waals surface area (Å²) in [7, 11) is 0. The second kappa shape index (κ2) is 11.1. The number of carbonyl (C=O) groups excluding carboxylic acids is 3. The molecule has 0 saturated heterocycles. The second-order valence-electron chi connectivity index (χ2n) is 7.70. The molecule has 33 heavy (non-hydrogen) atoms. The van der Waals surface area contributed by atoms with Crippen molar-refractivity contribution in [2.45, 2.75) is 39.2 Å². The van der Waals surface area contributed by atoms with Gasteiger partial charge in [0, 0.05) is 26.7 Å². The Hall–Kier alpha value is -3.16. The molecule has 4 N–H and O–H groups in total. The summed E-state index contributed by atoms with van der Waals surface area (Å²) in [5, 5.41) is 6.19. The van der Waals surface area contributed by atoms with E-state index in [2.05, 4.69) is 10.6 Å². The van der Waals surface area contributed by atoms with E-state index in [1.807, 2.05) is 38.1 Å². The van der Waals surface area contributed by atoms with E-state index in [0.29, 0.717) is 27.6 Å². The topological polar surface area (TPSA) is 101 Å². The number of thiophene rings is 1. The van der Waals surface area contributed by atoms with Gasteiger partial charge >= 0.3 is 0 Å². The number of primary amides is 1. The smallest absolute Gasteiger partial charge is 0.265 e. The molecule has 1 atom stereocenters. The SMILES string of the molecule is CCCC[C@H](NC(=O)c1ccc(C)c(NC(=O)c2ccc(-c3ccccc3Cl)s2)c1)C(N)=O. The monoisotopic (exact) mass is 483 g/mol. The lowest BCUT2D eigenvalue weighted by Crippen LogP contribution is -2.44. The van der Waals surface area contributed by atoms with Crippen LogP contribution in [0, 0.1) is 6.92 Å². The fraction of sp³-hybridized carbons (Fsp3) is 0.240. The molecule has 1 aromatic heterocycles. The molecule has 0 spiro atoms. The van der Waals surface area contributed by atoms with Gasteiger partial charge in [0.1, 0.15) is 6.04 Å². The summed E-state index contributed by atoms with van der Waals surface area (Å²) in [5.41, 5.74) is 7.95. The number of rotatable bonds is 9. The van der Waals surface area contributed by atoms with Crippen LogP contribution in [0.25, 0.3) is 10.4 Å². The van der Waals surface area contributed by atoms with Gasteiger partial charge in [0.05, 0.1) is 4.88 Å². The molecule has 8 heteroatoms. The molecule has 3 amide bonds. The Bertz CT molecular complexity index is 1180. The molecule has 172 valence electrons. The van der Waals surface area contributed by atoms with Crippen LogP contribution >= 0.6 is 22.9 Å². The first kappa shape index (κ1) is 24.5. The van der Waals surface area contributed by atoms with Gasteiger partial charge in [-0.1, -0.05) is 55.6 Å². The third kappa shape index (κ3) is 6.21. The molecule has 3 aromatic rings. The van der Waals surface area contributed by atoms with E-state index in [1.54, 1.807) is 30.3 Å². The largest absolute Gasteiger partial charge is 0.368 e. The number of nitrogens with one attached hydrogen (secondary N) is 2. The molecule has 6 nitrogen and oxygen atoms in total. The highest BCUT2D eigenvalue weighted by Crippen LogP contribution is 2.33. The number of hydrogen-bond donors (Lipinski definition) is 3. The third-order valence-electron chi connectivity index (χ3n) is 5.21. The van der Waals surface area contributed by atoms with Crippen LogP contribution in [0.15, 0.2) is 54.6 Å². The van der Waals surface area contributed by atoms with Crippen LogP contribution in [0.5, 0.6) is 0 Å². The van der Waals surface area contributed by atoms with Gasteiger partial charge in [-0.3, -0.25) is 14.4 Å². The van der Waals surface area contributed by atoms with Crippen LogP contribution < -0.4 is 16.4 Å². The zero-order valence-electron chi connectivity index (χ0n) is 18.5. The van der Waals surface area contributed by atoms with Crippen LogP contribution in [0.3, 0.4) is 0 Å². The summed E-state index contributed by atoms with van der Waals surface area (Å²) in [5.74, 6) is -1.26. The Balaban J connectivity index is 1.75. The maximum absolute atomic E-state index is 12.9. The standard InChI is InChI=1S/C25H26ClN3O3S/c1-3-4-9-19(23(27)30)28-24(31)16-11-10-15(2)20(14-16)29-25(32)22-13-12-21(33-22)17-7-5-6-8-18(17)26/h5-8,10-14,19H,3-4,9H2,1-2H3,(H2,27,30)(H,28,31)(H,29,32)/t19-/m0/s1. The number of amides is 3. The van der Waals surface area contributed by atoms with E-state index in [0.717, 1.165) is 28.8 Å². The number of benzene rings is 2. The Morgan fingerprint density at radius 3 is 2.52 bits per heavy atom. The van der Waals surface area contributed by atoms with Crippen molar-refractivity contribution >= 4 is 46.3 Å². The van der Waals surface area contributed by atoms with E-state index in [9.17, 15) is 14.4 Å². The number of halogens is 1. The molecule has 0 saturated carbocycles. The number of hydrogen-bond acceptors (Lipinski definition) is 4. The quantitative estimate of drug-likeness (QED) is 0.379. The zero-order chi connectivity index (χ0) is 24.0. The molecule has 0 aliphatic heterocycles. The van der Waals surface area contributed by atoms with Gasteiger partial charge in [0.15, 0.2) is 0 Å². The minimum atomic E-state index is -0.730. The summed E-state index contributed by atoms with van der Waals surface area (Å²) in [6.45, 7) is 3.84. The first-order valence-electron chi connectivity index (χ1n) is 10.7. The van der Waals surface area contributed by atoms with Crippen LogP contribution in [0.2, 0.25) is 5.02 Å². The van der Waals surface area contributed by atoms with E-state index >= 15 is 0 Å². The Morgan fingerprint density at radius 1 is 1.06 bits per heavy atom. The summed E-state index contributed by atoms with van der Waals surface area (Å²) < 4.78 is 0. The van der Waals surface area contributed by atoms with Gasteiger partial charge in [-0.05, 0) is 49.2 Å². The van der Waals surface area contributed by atoms with Crippen molar-refractivity contribution < 1.29 is 14.4 Å². The van der Waals surface area contributed by atoms with Crippen molar-refractivity contribution in [3.63, 3.8) is 0 Å². The maximum Gasteiger partial charge on any atom is 0.265 e. The lowest BCUT2D eigenvalue weighted by molar-refractivity contribution is -0.120. The van der Waals surface area contributed by atoms with E-state index < -0.39 is 17.9 Å². The summed E-state index contributed by atoms with van der Waals surface area (Å²) >= 11 is 7.60. The van der Waals surface area contributed by atoms with Crippen molar-refractivity contribution in [1.82, 2.24) is 5.32 Å².